The molecule has 1 aliphatic rings. The minimum atomic E-state index is -2.89. The van der Waals surface area contributed by atoms with Crippen molar-refractivity contribution in [1.82, 2.24) is 20.2 Å². The van der Waals surface area contributed by atoms with E-state index >= 15 is 0 Å². The number of ether oxygens (including phenoxy) is 2. The van der Waals surface area contributed by atoms with Crippen LogP contribution in [0.5, 0.6) is 5.75 Å². The van der Waals surface area contributed by atoms with Gasteiger partial charge in [-0.15, -0.1) is 10.2 Å². The molecule has 0 saturated carbocycles. The SMILES string of the molecule is Nn1c(SCC(=O)NC[C@@H]2CCCO2)nnc1-c1ccc(OC(F)F)cc1. The van der Waals surface area contributed by atoms with Gasteiger partial charge in [-0.3, -0.25) is 4.79 Å². The van der Waals surface area contributed by atoms with Crippen LogP contribution in [-0.2, 0) is 9.53 Å². The van der Waals surface area contributed by atoms with Crippen LogP contribution in [-0.4, -0.2) is 52.4 Å². The lowest BCUT2D eigenvalue weighted by molar-refractivity contribution is -0.119. The summed E-state index contributed by atoms with van der Waals surface area (Å²) in [6.45, 7) is -1.65. The number of rotatable bonds is 8. The molecule has 0 aliphatic carbocycles. The minimum Gasteiger partial charge on any atom is -0.435 e. The number of alkyl halides is 2. The number of halogens is 2. The van der Waals surface area contributed by atoms with E-state index in [0.717, 1.165) is 31.2 Å². The molecule has 1 aliphatic heterocycles. The molecular formula is C16H19F2N5O3S. The van der Waals surface area contributed by atoms with Crippen LogP contribution in [0.4, 0.5) is 8.78 Å². The average Bonchev–Trinajstić information content (AvgIpc) is 3.28. The molecule has 0 bridgehead atoms. The van der Waals surface area contributed by atoms with Crippen LogP contribution in [0.15, 0.2) is 29.4 Å². The van der Waals surface area contributed by atoms with Crippen molar-refractivity contribution < 1.29 is 23.0 Å². The molecule has 1 atom stereocenters. The van der Waals surface area contributed by atoms with Crippen molar-refractivity contribution in [2.75, 3.05) is 24.7 Å². The summed E-state index contributed by atoms with van der Waals surface area (Å²) in [4.78, 5) is 11.9. The molecule has 0 radical (unpaired) electrons. The summed E-state index contributed by atoms with van der Waals surface area (Å²) in [5, 5.41) is 11.1. The second-order valence-electron chi connectivity index (χ2n) is 5.81. The van der Waals surface area contributed by atoms with E-state index in [4.69, 9.17) is 10.6 Å². The number of benzene rings is 1. The minimum absolute atomic E-state index is 0.0364. The third-order valence-electron chi connectivity index (χ3n) is 3.89. The summed E-state index contributed by atoms with van der Waals surface area (Å²) in [5.74, 6) is 6.36. The maximum atomic E-state index is 12.2. The van der Waals surface area contributed by atoms with E-state index in [0.29, 0.717) is 23.1 Å². The highest BCUT2D eigenvalue weighted by Gasteiger charge is 2.17. The molecule has 1 amide bonds. The number of nitrogen functional groups attached to an aromatic ring is 1. The molecule has 8 nitrogen and oxygen atoms in total. The summed E-state index contributed by atoms with van der Waals surface area (Å²) in [5.41, 5.74) is 0.585. The fourth-order valence-corrected chi connectivity index (χ4v) is 3.26. The van der Waals surface area contributed by atoms with Crippen LogP contribution in [0.2, 0.25) is 0 Å². The zero-order chi connectivity index (χ0) is 19.2. The highest BCUT2D eigenvalue weighted by molar-refractivity contribution is 7.99. The zero-order valence-electron chi connectivity index (χ0n) is 14.3. The molecule has 0 unspecified atom stereocenters. The van der Waals surface area contributed by atoms with Crippen LogP contribution < -0.4 is 15.9 Å². The average molecular weight is 399 g/mol. The van der Waals surface area contributed by atoms with Gasteiger partial charge in [0.15, 0.2) is 5.82 Å². The Labute approximate surface area is 158 Å². The molecular weight excluding hydrogens is 380 g/mol. The molecule has 3 rings (SSSR count). The lowest BCUT2D eigenvalue weighted by Crippen LogP contribution is -2.33. The highest BCUT2D eigenvalue weighted by Crippen LogP contribution is 2.24. The van der Waals surface area contributed by atoms with Crippen molar-refractivity contribution in [2.24, 2.45) is 0 Å². The van der Waals surface area contributed by atoms with Crippen LogP contribution in [0, 0.1) is 0 Å². The molecule has 1 fully saturated rings. The summed E-state index contributed by atoms with van der Waals surface area (Å²) >= 11 is 1.15. The predicted molar refractivity (Wildman–Crippen MR) is 94.9 cm³/mol. The van der Waals surface area contributed by atoms with E-state index in [-0.39, 0.29) is 23.5 Å². The van der Waals surface area contributed by atoms with Crippen molar-refractivity contribution >= 4 is 17.7 Å². The molecule has 3 N–H and O–H groups in total. The summed E-state index contributed by atoms with van der Waals surface area (Å²) in [6.07, 6.45) is 2.05. The Bertz CT molecular complexity index is 766. The Balaban J connectivity index is 1.54. The number of carbonyl (C=O) groups excluding carboxylic acids is 1. The van der Waals surface area contributed by atoms with E-state index in [2.05, 4.69) is 20.3 Å². The first-order valence-corrected chi connectivity index (χ1v) is 9.28. The van der Waals surface area contributed by atoms with Gasteiger partial charge in [0.05, 0.1) is 11.9 Å². The van der Waals surface area contributed by atoms with Gasteiger partial charge in [0.2, 0.25) is 11.1 Å². The number of nitrogens with zero attached hydrogens (tertiary/aromatic N) is 3. The number of aromatic nitrogens is 3. The third-order valence-corrected chi connectivity index (χ3v) is 4.83. The van der Waals surface area contributed by atoms with Gasteiger partial charge >= 0.3 is 6.61 Å². The number of thioether (sulfide) groups is 1. The van der Waals surface area contributed by atoms with Crippen molar-refractivity contribution in [3.8, 4) is 17.1 Å². The summed E-state index contributed by atoms with van der Waals surface area (Å²) in [6, 6.07) is 5.88. The van der Waals surface area contributed by atoms with Crippen molar-refractivity contribution in [2.45, 2.75) is 30.7 Å². The summed E-state index contributed by atoms with van der Waals surface area (Å²) in [7, 11) is 0. The fourth-order valence-electron chi connectivity index (χ4n) is 2.57. The van der Waals surface area contributed by atoms with Gasteiger partial charge < -0.3 is 20.6 Å². The van der Waals surface area contributed by atoms with Crippen LogP contribution in [0.3, 0.4) is 0 Å². The molecule has 1 aromatic heterocycles. The van der Waals surface area contributed by atoms with Gasteiger partial charge in [-0.05, 0) is 37.1 Å². The van der Waals surface area contributed by atoms with E-state index in [1.165, 1.54) is 16.8 Å². The fraction of sp³-hybridized carbons (Fsp3) is 0.438. The maximum absolute atomic E-state index is 12.2. The molecule has 2 aromatic rings. The Hall–Kier alpha value is -2.40. The third kappa shape index (κ3) is 5.30. The number of hydrogen-bond acceptors (Lipinski definition) is 7. The highest BCUT2D eigenvalue weighted by atomic mass is 32.2. The normalized spacial score (nSPS) is 16.6. The van der Waals surface area contributed by atoms with E-state index in [1.54, 1.807) is 12.1 Å². The monoisotopic (exact) mass is 399 g/mol. The topological polar surface area (TPSA) is 104 Å². The zero-order valence-corrected chi connectivity index (χ0v) is 15.1. The van der Waals surface area contributed by atoms with Gasteiger partial charge in [-0.25, -0.2) is 4.68 Å². The Morgan fingerprint density at radius 1 is 1.41 bits per heavy atom. The first-order chi connectivity index (χ1) is 13.0. The smallest absolute Gasteiger partial charge is 0.387 e. The van der Waals surface area contributed by atoms with Crippen LogP contribution >= 0.6 is 11.8 Å². The molecule has 146 valence electrons. The lowest BCUT2D eigenvalue weighted by Gasteiger charge is -2.10. The van der Waals surface area contributed by atoms with Gasteiger partial charge in [0.25, 0.3) is 0 Å². The molecule has 2 heterocycles. The lowest BCUT2D eigenvalue weighted by atomic mass is 10.2. The number of hydrogen-bond donors (Lipinski definition) is 2. The van der Waals surface area contributed by atoms with Crippen molar-refractivity contribution in [3.05, 3.63) is 24.3 Å². The van der Waals surface area contributed by atoms with Gasteiger partial charge in [0, 0.05) is 18.7 Å². The number of carbonyl (C=O) groups is 1. The van der Waals surface area contributed by atoms with Crippen LogP contribution in [0.25, 0.3) is 11.4 Å². The molecule has 1 aromatic carbocycles. The standard InChI is InChI=1S/C16H19F2N5O3S/c17-15(18)26-11-5-3-10(4-6-11)14-21-22-16(23(14)19)27-9-13(24)20-8-12-2-1-7-25-12/h3-6,12,15H,1-2,7-9,19H2,(H,20,24)/t12-/m0/s1. The number of nitrogens with one attached hydrogen (secondary N) is 1. The maximum Gasteiger partial charge on any atom is 0.387 e. The van der Waals surface area contributed by atoms with Crippen molar-refractivity contribution in [3.63, 3.8) is 0 Å². The largest absolute Gasteiger partial charge is 0.435 e. The van der Waals surface area contributed by atoms with Crippen molar-refractivity contribution in [1.29, 1.82) is 0 Å². The quantitative estimate of drug-likeness (QED) is 0.514. The number of nitrogens with two attached hydrogens (primary N) is 1. The van der Waals surface area contributed by atoms with E-state index < -0.39 is 6.61 Å². The van der Waals surface area contributed by atoms with Gasteiger partial charge in [-0.2, -0.15) is 8.78 Å². The molecule has 27 heavy (non-hydrogen) atoms. The molecule has 11 heteroatoms. The molecule has 0 spiro atoms. The van der Waals surface area contributed by atoms with Gasteiger partial charge in [-0.1, -0.05) is 11.8 Å². The second-order valence-corrected chi connectivity index (χ2v) is 6.75. The van der Waals surface area contributed by atoms with Gasteiger partial charge in [0.1, 0.15) is 5.75 Å². The Morgan fingerprint density at radius 3 is 2.85 bits per heavy atom. The van der Waals surface area contributed by atoms with E-state index in [9.17, 15) is 13.6 Å². The number of amides is 1. The van der Waals surface area contributed by atoms with Crippen LogP contribution in [0.1, 0.15) is 12.8 Å². The Morgan fingerprint density at radius 2 is 2.19 bits per heavy atom. The predicted octanol–water partition coefficient (Wildman–Crippen LogP) is 1.65. The Kier molecular flexibility index (Phi) is 6.45. The summed E-state index contributed by atoms with van der Waals surface area (Å²) < 4.78 is 35.4. The second kappa shape index (κ2) is 9.00. The van der Waals surface area contributed by atoms with E-state index in [1.807, 2.05) is 0 Å². The first-order valence-electron chi connectivity index (χ1n) is 8.30. The first kappa shape index (κ1) is 19.4. The molecule has 1 saturated heterocycles.